The molecule has 1 amide bonds. The summed E-state index contributed by atoms with van der Waals surface area (Å²) in [6.45, 7) is 2.30. The molecule has 2 N–H and O–H groups in total. The van der Waals surface area contributed by atoms with Crippen LogP contribution in [-0.4, -0.2) is 33.0 Å². The lowest BCUT2D eigenvalue weighted by atomic mass is 10.1. The van der Waals surface area contributed by atoms with E-state index in [1.807, 2.05) is 6.92 Å². The Hall–Kier alpha value is -4.05. The Labute approximate surface area is 196 Å². The molecule has 0 bridgehead atoms. The van der Waals surface area contributed by atoms with Crippen LogP contribution in [0, 0.1) is 0 Å². The third kappa shape index (κ3) is 4.40. The molecular formula is C24H23N3O6S. The Morgan fingerprint density at radius 3 is 2.68 bits per heavy atom. The Kier molecular flexibility index (Phi) is 6.42. The molecule has 0 unspecified atom stereocenters. The van der Waals surface area contributed by atoms with Crippen LogP contribution < -0.4 is 19.8 Å². The van der Waals surface area contributed by atoms with Crippen LogP contribution in [0.4, 0.5) is 5.69 Å². The normalized spacial score (nSPS) is 11.4. The van der Waals surface area contributed by atoms with Gasteiger partial charge in [-0.3, -0.25) is 13.9 Å². The maximum Gasteiger partial charge on any atom is 0.264 e. The van der Waals surface area contributed by atoms with E-state index in [2.05, 4.69) is 10.3 Å². The van der Waals surface area contributed by atoms with Crippen molar-refractivity contribution in [3.05, 3.63) is 88.6 Å². The van der Waals surface area contributed by atoms with E-state index in [9.17, 15) is 18.0 Å². The number of furan rings is 1. The van der Waals surface area contributed by atoms with Gasteiger partial charge in [-0.15, -0.1) is 0 Å². The highest BCUT2D eigenvalue weighted by Gasteiger charge is 2.25. The maximum atomic E-state index is 13.4. The highest BCUT2D eigenvalue weighted by atomic mass is 32.2. The van der Waals surface area contributed by atoms with Crippen molar-refractivity contribution in [2.75, 3.05) is 18.0 Å². The third-order valence-corrected chi connectivity index (χ3v) is 7.03. The number of aromatic amines is 1. The Morgan fingerprint density at radius 2 is 1.94 bits per heavy atom. The summed E-state index contributed by atoms with van der Waals surface area (Å²) in [5.41, 5.74) is 0.0529. The summed E-state index contributed by atoms with van der Waals surface area (Å²) >= 11 is 0. The minimum Gasteiger partial charge on any atom is -0.492 e. The van der Waals surface area contributed by atoms with Gasteiger partial charge in [0.15, 0.2) is 0 Å². The number of H-pyrrole nitrogens is 1. The molecule has 9 nitrogen and oxygen atoms in total. The molecule has 2 aromatic carbocycles. The summed E-state index contributed by atoms with van der Waals surface area (Å²) in [7, 11) is -2.61. The van der Waals surface area contributed by atoms with Gasteiger partial charge < -0.3 is 19.5 Å². The second-order valence-electron chi connectivity index (χ2n) is 7.37. The Bertz CT molecular complexity index is 1490. The second kappa shape index (κ2) is 9.44. The van der Waals surface area contributed by atoms with Crippen molar-refractivity contribution in [1.29, 1.82) is 0 Å². The minimum atomic E-state index is -4.03. The molecule has 2 heterocycles. The molecule has 176 valence electrons. The molecule has 0 aliphatic carbocycles. The number of ether oxygens (including phenoxy) is 1. The first-order chi connectivity index (χ1) is 16.3. The van der Waals surface area contributed by atoms with E-state index in [-0.39, 0.29) is 22.4 Å². The molecule has 0 spiro atoms. The van der Waals surface area contributed by atoms with Crippen LogP contribution >= 0.6 is 0 Å². The van der Waals surface area contributed by atoms with Crippen LogP contribution in [0.25, 0.3) is 10.9 Å². The smallest absolute Gasteiger partial charge is 0.264 e. The largest absolute Gasteiger partial charge is 0.492 e. The third-order valence-electron chi connectivity index (χ3n) is 5.26. The highest BCUT2D eigenvalue weighted by molar-refractivity contribution is 7.92. The first-order valence-corrected chi connectivity index (χ1v) is 11.9. The van der Waals surface area contributed by atoms with Gasteiger partial charge in [-0.2, -0.15) is 0 Å². The zero-order valence-corrected chi connectivity index (χ0v) is 19.4. The molecule has 0 aliphatic heterocycles. The van der Waals surface area contributed by atoms with Gasteiger partial charge in [0.2, 0.25) is 5.43 Å². The van der Waals surface area contributed by atoms with Crippen molar-refractivity contribution in [2.24, 2.45) is 0 Å². The van der Waals surface area contributed by atoms with Gasteiger partial charge >= 0.3 is 0 Å². The van der Waals surface area contributed by atoms with Crippen molar-refractivity contribution in [2.45, 2.75) is 18.4 Å². The lowest BCUT2D eigenvalue weighted by molar-refractivity contribution is 0.0947. The summed E-state index contributed by atoms with van der Waals surface area (Å²) < 4.78 is 38.6. The van der Waals surface area contributed by atoms with Crippen molar-refractivity contribution in [3.63, 3.8) is 0 Å². The average molecular weight is 482 g/mol. The van der Waals surface area contributed by atoms with Gasteiger partial charge in [0.25, 0.3) is 15.9 Å². The van der Waals surface area contributed by atoms with E-state index < -0.39 is 21.4 Å². The number of benzene rings is 2. The fourth-order valence-corrected chi connectivity index (χ4v) is 4.72. The number of hydrogen-bond acceptors (Lipinski definition) is 6. The summed E-state index contributed by atoms with van der Waals surface area (Å²) in [5, 5.41) is 2.70. The molecule has 4 rings (SSSR count). The maximum absolute atomic E-state index is 13.4. The number of amides is 1. The topological polar surface area (TPSA) is 122 Å². The Morgan fingerprint density at radius 1 is 1.15 bits per heavy atom. The molecule has 0 aliphatic rings. The van der Waals surface area contributed by atoms with Gasteiger partial charge in [-0.25, -0.2) is 8.42 Å². The molecular weight excluding hydrogens is 458 g/mol. The van der Waals surface area contributed by atoms with Crippen molar-refractivity contribution in [3.8, 4) is 5.75 Å². The van der Waals surface area contributed by atoms with E-state index in [0.29, 0.717) is 29.3 Å². The van der Waals surface area contributed by atoms with E-state index in [1.165, 1.54) is 37.7 Å². The molecule has 0 saturated heterocycles. The van der Waals surface area contributed by atoms with E-state index in [4.69, 9.17) is 9.15 Å². The van der Waals surface area contributed by atoms with Crippen LogP contribution in [-0.2, 0) is 16.6 Å². The number of anilines is 1. The number of pyridine rings is 1. The number of carbonyl (C=O) groups excluding carboxylic acids is 1. The lowest BCUT2D eigenvalue weighted by Gasteiger charge is -2.22. The molecule has 0 saturated carbocycles. The molecule has 4 aromatic rings. The molecule has 2 aromatic heterocycles. The molecule has 34 heavy (non-hydrogen) atoms. The predicted molar refractivity (Wildman–Crippen MR) is 128 cm³/mol. The first-order valence-electron chi connectivity index (χ1n) is 10.5. The summed E-state index contributed by atoms with van der Waals surface area (Å²) in [5.74, 6) is 0.357. The summed E-state index contributed by atoms with van der Waals surface area (Å²) in [6, 6.07) is 14.3. The number of para-hydroxylation sites is 2. The summed E-state index contributed by atoms with van der Waals surface area (Å²) in [4.78, 5) is 28.4. The van der Waals surface area contributed by atoms with Crippen LogP contribution in [0.3, 0.4) is 0 Å². The van der Waals surface area contributed by atoms with Gasteiger partial charge in [0, 0.05) is 24.1 Å². The number of rotatable bonds is 8. The average Bonchev–Trinajstić information content (AvgIpc) is 3.36. The molecule has 0 radical (unpaired) electrons. The van der Waals surface area contributed by atoms with Gasteiger partial charge in [-0.05, 0) is 49.4 Å². The van der Waals surface area contributed by atoms with Crippen LogP contribution in [0.2, 0.25) is 0 Å². The summed E-state index contributed by atoms with van der Waals surface area (Å²) in [6.07, 6.45) is 2.79. The van der Waals surface area contributed by atoms with Crippen LogP contribution in [0.15, 0.2) is 81.2 Å². The van der Waals surface area contributed by atoms with Crippen molar-refractivity contribution >= 4 is 32.5 Å². The van der Waals surface area contributed by atoms with Gasteiger partial charge in [0.1, 0.15) is 17.1 Å². The standard InChI is InChI=1S/C24H23N3O6S/c1-3-32-22-9-5-4-8-21(22)27(2)34(30,31)17-10-11-20-18(13-17)23(28)19(15-25-20)24(29)26-14-16-7-6-12-33-16/h4-13,15H,3,14H2,1-2H3,(H,25,28)(H,26,29). The minimum absolute atomic E-state index is 0.0817. The van der Waals surface area contributed by atoms with Crippen molar-refractivity contribution in [1.82, 2.24) is 10.3 Å². The Balaban J connectivity index is 1.69. The fraction of sp³-hybridized carbons (Fsp3) is 0.167. The van der Waals surface area contributed by atoms with Crippen LogP contribution in [0.5, 0.6) is 5.75 Å². The van der Waals surface area contributed by atoms with Crippen LogP contribution in [0.1, 0.15) is 23.0 Å². The predicted octanol–water partition coefficient (Wildman–Crippen LogP) is 3.27. The molecule has 0 fully saturated rings. The van der Waals surface area contributed by atoms with E-state index in [1.54, 1.807) is 36.4 Å². The number of sulfonamides is 1. The quantitative estimate of drug-likeness (QED) is 0.398. The van der Waals surface area contributed by atoms with E-state index >= 15 is 0 Å². The SMILES string of the molecule is CCOc1ccccc1N(C)S(=O)(=O)c1ccc2[nH]cc(C(=O)NCc3ccco3)c(=O)c2c1. The van der Waals surface area contributed by atoms with E-state index in [0.717, 1.165) is 4.31 Å². The number of aromatic nitrogens is 1. The zero-order chi connectivity index (χ0) is 24.3. The zero-order valence-electron chi connectivity index (χ0n) is 18.6. The number of carbonyl (C=O) groups is 1. The number of hydrogen-bond donors (Lipinski definition) is 2. The van der Waals surface area contributed by atoms with Gasteiger partial charge in [0.05, 0.1) is 30.0 Å². The first kappa shape index (κ1) is 23.1. The second-order valence-corrected chi connectivity index (χ2v) is 9.34. The lowest BCUT2D eigenvalue weighted by Crippen LogP contribution is -2.29. The monoisotopic (exact) mass is 481 g/mol. The number of nitrogens with zero attached hydrogens (tertiary/aromatic N) is 1. The fourth-order valence-electron chi connectivity index (χ4n) is 3.48. The highest BCUT2D eigenvalue weighted by Crippen LogP contribution is 2.31. The van der Waals surface area contributed by atoms with Gasteiger partial charge in [-0.1, -0.05) is 12.1 Å². The number of fused-ring (bicyclic) bond motifs is 1. The molecule has 0 atom stereocenters. The van der Waals surface area contributed by atoms with Crippen molar-refractivity contribution < 1.29 is 22.4 Å². The number of nitrogens with one attached hydrogen (secondary N) is 2. The molecule has 10 heteroatoms.